The Hall–Kier alpha value is -1.20. The largest absolute Gasteiger partial charge is 0.386 e. The number of carbonyl (C=O) groups excluding carboxylic acids is 1. The molecule has 0 saturated carbocycles. The lowest BCUT2D eigenvalue weighted by molar-refractivity contribution is -0.0668. The molecule has 2 rings (SSSR count). The fourth-order valence-electron chi connectivity index (χ4n) is 1.66. The molecule has 0 bridgehead atoms. The molecule has 1 aliphatic rings. The minimum absolute atomic E-state index is 0.0252. The quantitative estimate of drug-likeness (QED) is 0.753. The average Bonchev–Trinajstić information content (AvgIpc) is 2.17. The molecular formula is C10H10ClFN2O2. The molecule has 4 nitrogen and oxygen atoms in total. The Bertz CT molecular complexity index is 442. The number of rotatable bonds is 1. The molecule has 0 unspecified atom stereocenters. The number of hydrogen-bond acceptors (Lipinski definition) is 3. The van der Waals surface area contributed by atoms with Crippen LogP contribution in [0.5, 0.6) is 0 Å². The maximum absolute atomic E-state index is 12.9. The summed E-state index contributed by atoms with van der Waals surface area (Å²) < 4.78 is 12.9. The molecule has 6 heteroatoms. The summed E-state index contributed by atoms with van der Waals surface area (Å²) in [5, 5.41) is 9.46. The van der Waals surface area contributed by atoms with E-state index in [0.717, 1.165) is 12.3 Å². The number of halogens is 2. The predicted octanol–water partition coefficient (Wildman–Crippen LogP) is 1.08. The topological polar surface area (TPSA) is 53.4 Å². The molecule has 0 atom stereocenters. The first-order chi connectivity index (χ1) is 7.39. The van der Waals surface area contributed by atoms with Crippen LogP contribution in [0.1, 0.15) is 17.3 Å². The van der Waals surface area contributed by atoms with Crippen LogP contribution in [0.25, 0.3) is 0 Å². The van der Waals surface area contributed by atoms with E-state index in [4.69, 9.17) is 11.6 Å². The highest BCUT2D eigenvalue weighted by Gasteiger charge is 2.40. The summed E-state index contributed by atoms with van der Waals surface area (Å²) in [6.45, 7) is 2.07. The maximum Gasteiger partial charge on any atom is 0.257 e. The number of carbonyl (C=O) groups is 1. The van der Waals surface area contributed by atoms with E-state index < -0.39 is 17.3 Å². The van der Waals surface area contributed by atoms with Crippen LogP contribution in [0.4, 0.5) is 4.39 Å². The zero-order valence-electron chi connectivity index (χ0n) is 8.57. The van der Waals surface area contributed by atoms with E-state index in [1.807, 2.05) is 0 Å². The number of aliphatic hydroxyl groups is 1. The van der Waals surface area contributed by atoms with Crippen LogP contribution in [0.3, 0.4) is 0 Å². The summed E-state index contributed by atoms with van der Waals surface area (Å²) in [4.78, 5) is 16.8. The van der Waals surface area contributed by atoms with E-state index in [1.54, 1.807) is 6.92 Å². The van der Waals surface area contributed by atoms with Crippen LogP contribution in [0, 0.1) is 5.82 Å². The number of pyridine rings is 1. The first-order valence-electron chi connectivity index (χ1n) is 4.72. The Kier molecular flexibility index (Phi) is 2.59. The van der Waals surface area contributed by atoms with Gasteiger partial charge in [-0.05, 0) is 13.0 Å². The van der Waals surface area contributed by atoms with Crippen molar-refractivity contribution >= 4 is 17.5 Å². The number of likely N-dealkylation sites (tertiary alicyclic amines) is 1. The molecule has 1 aliphatic heterocycles. The second-order valence-corrected chi connectivity index (χ2v) is 4.51. The molecule has 0 aliphatic carbocycles. The van der Waals surface area contributed by atoms with Gasteiger partial charge in [-0.15, -0.1) is 0 Å². The molecule has 1 aromatic heterocycles. The van der Waals surface area contributed by atoms with Crippen LogP contribution in [0.15, 0.2) is 12.3 Å². The van der Waals surface area contributed by atoms with Crippen LogP contribution >= 0.6 is 11.6 Å². The molecule has 0 radical (unpaired) electrons. The van der Waals surface area contributed by atoms with Crippen LogP contribution in [-0.2, 0) is 0 Å². The zero-order chi connectivity index (χ0) is 11.9. The molecule has 0 spiro atoms. The number of β-amino-alcohol motifs (C(OH)–C–C–N with tert-alkyl or cyclic N) is 1. The van der Waals surface area contributed by atoms with Crippen molar-refractivity contribution in [1.29, 1.82) is 0 Å². The summed E-state index contributed by atoms with van der Waals surface area (Å²) in [6.07, 6.45) is 0.950. The lowest BCUT2D eigenvalue weighted by Crippen LogP contribution is -2.61. The molecule has 2 heterocycles. The lowest BCUT2D eigenvalue weighted by atomic mass is 9.96. The van der Waals surface area contributed by atoms with Crippen molar-refractivity contribution in [3.8, 4) is 0 Å². The van der Waals surface area contributed by atoms with E-state index in [1.165, 1.54) is 4.90 Å². The second-order valence-electron chi connectivity index (χ2n) is 4.15. The lowest BCUT2D eigenvalue weighted by Gasteiger charge is -2.44. The average molecular weight is 245 g/mol. The van der Waals surface area contributed by atoms with Gasteiger partial charge in [-0.25, -0.2) is 9.37 Å². The Labute approximate surface area is 96.7 Å². The molecule has 1 N–H and O–H groups in total. The van der Waals surface area contributed by atoms with E-state index in [0.29, 0.717) is 0 Å². The van der Waals surface area contributed by atoms with Gasteiger partial charge in [-0.1, -0.05) is 11.6 Å². The highest BCUT2D eigenvalue weighted by Crippen LogP contribution is 2.24. The molecule has 1 saturated heterocycles. The van der Waals surface area contributed by atoms with Gasteiger partial charge in [0.15, 0.2) is 0 Å². The molecular weight excluding hydrogens is 235 g/mol. The third kappa shape index (κ3) is 2.01. The van der Waals surface area contributed by atoms with Gasteiger partial charge >= 0.3 is 0 Å². The van der Waals surface area contributed by atoms with Crippen molar-refractivity contribution in [2.24, 2.45) is 0 Å². The first kappa shape index (κ1) is 11.3. The third-order valence-electron chi connectivity index (χ3n) is 2.39. The van der Waals surface area contributed by atoms with E-state index in [-0.39, 0.29) is 23.8 Å². The van der Waals surface area contributed by atoms with Crippen molar-refractivity contribution in [2.75, 3.05) is 13.1 Å². The molecule has 1 amide bonds. The second kappa shape index (κ2) is 3.68. The van der Waals surface area contributed by atoms with Crippen molar-refractivity contribution in [1.82, 2.24) is 9.88 Å². The SMILES string of the molecule is CC1(O)CN(C(=O)c2cc(F)cnc2Cl)C1. The van der Waals surface area contributed by atoms with Crippen LogP contribution < -0.4 is 0 Å². The summed E-state index contributed by atoms with van der Waals surface area (Å²) in [6, 6.07) is 1.05. The number of nitrogens with zero attached hydrogens (tertiary/aromatic N) is 2. The monoisotopic (exact) mass is 244 g/mol. The minimum atomic E-state index is -0.858. The smallest absolute Gasteiger partial charge is 0.257 e. The number of aromatic nitrogens is 1. The highest BCUT2D eigenvalue weighted by molar-refractivity contribution is 6.32. The van der Waals surface area contributed by atoms with Gasteiger partial charge in [0.2, 0.25) is 0 Å². The Morgan fingerprint density at radius 3 is 2.88 bits per heavy atom. The van der Waals surface area contributed by atoms with E-state index in [9.17, 15) is 14.3 Å². The highest BCUT2D eigenvalue weighted by atomic mass is 35.5. The molecule has 1 aromatic rings. The Morgan fingerprint density at radius 2 is 2.31 bits per heavy atom. The van der Waals surface area contributed by atoms with Gasteiger partial charge in [-0.2, -0.15) is 0 Å². The number of amides is 1. The fraction of sp³-hybridized carbons (Fsp3) is 0.400. The molecule has 16 heavy (non-hydrogen) atoms. The van der Waals surface area contributed by atoms with E-state index in [2.05, 4.69) is 4.98 Å². The summed E-state index contributed by atoms with van der Waals surface area (Å²) in [5.74, 6) is -1.02. The van der Waals surface area contributed by atoms with Gasteiger partial charge in [0.1, 0.15) is 11.0 Å². The van der Waals surface area contributed by atoms with Crippen molar-refractivity contribution in [3.63, 3.8) is 0 Å². The minimum Gasteiger partial charge on any atom is -0.386 e. The third-order valence-corrected chi connectivity index (χ3v) is 2.69. The van der Waals surface area contributed by atoms with Crippen LogP contribution in [-0.4, -0.2) is 39.6 Å². The molecule has 1 fully saturated rings. The van der Waals surface area contributed by atoms with Crippen molar-refractivity contribution < 1.29 is 14.3 Å². The fourth-order valence-corrected chi connectivity index (χ4v) is 1.85. The van der Waals surface area contributed by atoms with Gasteiger partial charge in [0, 0.05) is 0 Å². The molecule has 86 valence electrons. The van der Waals surface area contributed by atoms with Crippen molar-refractivity contribution in [3.05, 3.63) is 28.8 Å². The summed E-state index contributed by atoms with van der Waals surface area (Å²) in [5.41, 5.74) is -0.833. The van der Waals surface area contributed by atoms with Crippen LogP contribution in [0.2, 0.25) is 5.15 Å². The van der Waals surface area contributed by atoms with Gasteiger partial charge in [-0.3, -0.25) is 4.79 Å². The van der Waals surface area contributed by atoms with Crippen molar-refractivity contribution in [2.45, 2.75) is 12.5 Å². The predicted molar refractivity (Wildman–Crippen MR) is 55.7 cm³/mol. The Balaban J connectivity index is 2.19. The normalized spacial score (nSPS) is 18.1. The summed E-state index contributed by atoms with van der Waals surface area (Å²) in [7, 11) is 0. The zero-order valence-corrected chi connectivity index (χ0v) is 9.33. The maximum atomic E-state index is 12.9. The van der Waals surface area contributed by atoms with Gasteiger partial charge < -0.3 is 10.0 Å². The first-order valence-corrected chi connectivity index (χ1v) is 5.09. The Morgan fingerprint density at radius 1 is 1.69 bits per heavy atom. The molecule has 0 aromatic carbocycles. The van der Waals surface area contributed by atoms with E-state index >= 15 is 0 Å². The number of hydrogen-bond donors (Lipinski definition) is 1. The standard InChI is InChI=1S/C10H10ClFN2O2/c1-10(16)4-14(5-10)9(15)7-2-6(12)3-13-8(7)11/h2-3,16H,4-5H2,1H3. The van der Waals surface area contributed by atoms with Gasteiger partial charge in [0.05, 0.1) is 30.5 Å². The van der Waals surface area contributed by atoms with Gasteiger partial charge in [0.25, 0.3) is 5.91 Å². The summed E-state index contributed by atoms with van der Waals surface area (Å²) >= 11 is 5.70.